The van der Waals surface area contributed by atoms with Gasteiger partial charge in [0.15, 0.2) is 9.84 Å². The zero-order chi connectivity index (χ0) is 25.4. The number of hydrogen-bond acceptors (Lipinski definition) is 6. The number of rotatable bonds is 5. The highest BCUT2D eigenvalue weighted by molar-refractivity contribution is 7.90. The molecule has 180 valence electrons. The molecule has 0 saturated heterocycles. The minimum atomic E-state index is -4.75. The van der Waals surface area contributed by atoms with E-state index in [0.717, 1.165) is 11.9 Å². The van der Waals surface area contributed by atoms with Crippen LogP contribution in [0.2, 0.25) is 0 Å². The first kappa shape index (κ1) is 24.1. The van der Waals surface area contributed by atoms with Crippen LogP contribution < -0.4 is 10.1 Å². The molecule has 11 heteroatoms. The maximum Gasteiger partial charge on any atom is 0.417 e. The Labute approximate surface area is 198 Å². The molecule has 35 heavy (non-hydrogen) atoms. The highest BCUT2D eigenvalue weighted by atomic mass is 32.2. The van der Waals surface area contributed by atoms with Crippen molar-refractivity contribution in [2.75, 3.05) is 11.6 Å². The third-order valence-electron chi connectivity index (χ3n) is 4.98. The van der Waals surface area contributed by atoms with Gasteiger partial charge in [-0.05, 0) is 55.5 Å². The van der Waals surface area contributed by atoms with Gasteiger partial charge in [0, 0.05) is 29.2 Å². The van der Waals surface area contributed by atoms with Gasteiger partial charge in [-0.25, -0.2) is 13.4 Å². The third kappa shape index (κ3) is 5.40. The zero-order valence-electron chi connectivity index (χ0n) is 18.4. The summed E-state index contributed by atoms with van der Waals surface area (Å²) in [6.07, 6.45) is -3.18. The maximum atomic E-state index is 13.4. The van der Waals surface area contributed by atoms with E-state index in [1.54, 1.807) is 30.3 Å². The van der Waals surface area contributed by atoms with E-state index in [-0.39, 0.29) is 22.2 Å². The highest BCUT2D eigenvalue weighted by Crippen LogP contribution is 2.34. The molecule has 0 bridgehead atoms. The van der Waals surface area contributed by atoms with Gasteiger partial charge in [-0.3, -0.25) is 9.78 Å². The summed E-state index contributed by atoms with van der Waals surface area (Å²) in [5, 5.41) is 2.99. The van der Waals surface area contributed by atoms with Crippen LogP contribution in [0.15, 0.2) is 71.8 Å². The van der Waals surface area contributed by atoms with Crippen LogP contribution >= 0.6 is 0 Å². The summed E-state index contributed by atoms with van der Waals surface area (Å²) in [5.41, 5.74) is -0.195. The van der Waals surface area contributed by atoms with Crippen molar-refractivity contribution in [3.05, 3.63) is 83.7 Å². The summed E-state index contributed by atoms with van der Waals surface area (Å²) in [6, 6.07) is 14.5. The number of sulfone groups is 1. The van der Waals surface area contributed by atoms with Crippen molar-refractivity contribution in [2.24, 2.45) is 0 Å². The number of aromatic nitrogens is 2. The van der Waals surface area contributed by atoms with Crippen LogP contribution in [-0.2, 0) is 16.0 Å². The molecule has 0 aliphatic carbocycles. The van der Waals surface area contributed by atoms with E-state index >= 15 is 0 Å². The molecular formula is C24H18F3N3O4S. The molecule has 1 amide bonds. The fourth-order valence-electron chi connectivity index (χ4n) is 3.28. The summed E-state index contributed by atoms with van der Waals surface area (Å²) >= 11 is 0. The molecule has 0 unspecified atom stereocenters. The predicted molar refractivity (Wildman–Crippen MR) is 123 cm³/mol. The molecule has 7 nitrogen and oxygen atoms in total. The number of halogens is 3. The van der Waals surface area contributed by atoms with Gasteiger partial charge in [0.1, 0.15) is 11.3 Å². The number of amides is 1. The highest BCUT2D eigenvalue weighted by Gasteiger charge is 2.33. The second kappa shape index (κ2) is 8.99. The Balaban J connectivity index is 1.75. The van der Waals surface area contributed by atoms with E-state index in [0.29, 0.717) is 23.2 Å². The number of aryl methyl sites for hydroxylation is 1. The van der Waals surface area contributed by atoms with Crippen LogP contribution in [0.3, 0.4) is 0 Å². The van der Waals surface area contributed by atoms with Crippen LogP contribution in [0, 0.1) is 6.92 Å². The number of anilines is 1. The molecule has 0 aliphatic rings. The molecule has 4 aromatic rings. The fraction of sp³-hybridized carbons (Fsp3) is 0.125. The molecule has 0 radical (unpaired) electrons. The van der Waals surface area contributed by atoms with Gasteiger partial charge in [0.2, 0.25) is 5.88 Å². The van der Waals surface area contributed by atoms with Crippen molar-refractivity contribution in [3.63, 3.8) is 0 Å². The minimum absolute atomic E-state index is 0.0625. The minimum Gasteiger partial charge on any atom is -0.437 e. The average Bonchev–Trinajstić information content (AvgIpc) is 2.78. The van der Waals surface area contributed by atoms with E-state index < -0.39 is 33.0 Å². The number of pyridine rings is 2. The number of carbonyl (C=O) groups is 1. The SMILES string of the molecule is Cc1ccc2c(Oc3ncc(C(F)(F)F)cc3C(=O)Nc3cccc(S(C)(=O)=O)c3)cccc2n1. The Morgan fingerprint density at radius 2 is 1.77 bits per heavy atom. The largest absolute Gasteiger partial charge is 0.437 e. The number of nitrogens with one attached hydrogen (secondary N) is 1. The number of benzene rings is 2. The van der Waals surface area contributed by atoms with Crippen molar-refractivity contribution in [3.8, 4) is 11.6 Å². The van der Waals surface area contributed by atoms with Gasteiger partial charge in [-0.15, -0.1) is 0 Å². The lowest BCUT2D eigenvalue weighted by Gasteiger charge is -2.15. The zero-order valence-corrected chi connectivity index (χ0v) is 19.2. The first-order valence-electron chi connectivity index (χ1n) is 10.1. The number of alkyl halides is 3. The average molecular weight is 501 g/mol. The Hall–Kier alpha value is -3.99. The molecule has 0 spiro atoms. The number of nitrogens with zero attached hydrogens (tertiary/aromatic N) is 2. The first-order valence-corrected chi connectivity index (χ1v) is 12.0. The van der Waals surface area contributed by atoms with E-state index in [1.165, 1.54) is 24.3 Å². The topological polar surface area (TPSA) is 98.2 Å². The van der Waals surface area contributed by atoms with Gasteiger partial charge >= 0.3 is 6.18 Å². The molecular weight excluding hydrogens is 483 g/mol. The van der Waals surface area contributed by atoms with Crippen molar-refractivity contribution >= 4 is 32.3 Å². The van der Waals surface area contributed by atoms with Crippen LogP contribution in [-0.4, -0.2) is 30.5 Å². The summed E-state index contributed by atoms with van der Waals surface area (Å²) in [6.45, 7) is 1.81. The van der Waals surface area contributed by atoms with Gasteiger partial charge in [0.25, 0.3) is 5.91 Å². The van der Waals surface area contributed by atoms with E-state index in [9.17, 15) is 26.4 Å². The van der Waals surface area contributed by atoms with E-state index in [1.807, 2.05) is 6.92 Å². The Bertz CT molecular complexity index is 1550. The maximum absolute atomic E-state index is 13.4. The summed E-state index contributed by atoms with van der Waals surface area (Å²) in [4.78, 5) is 21.1. The smallest absolute Gasteiger partial charge is 0.417 e. The second-order valence-corrected chi connectivity index (χ2v) is 9.72. The Morgan fingerprint density at radius 3 is 2.49 bits per heavy atom. The molecule has 1 N–H and O–H groups in total. The lowest BCUT2D eigenvalue weighted by molar-refractivity contribution is -0.137. The van der Waals surface area contributed by atoms with Crippen molar-refractivity contribution in [1.29, 1.82) is 0 Å². The summed E-state index contributed by atoms with van der Waals surface area (Å²) in [7, 11) is -3.57. The molecule has 0 saturated carbocycles. The molecule has 0 fully saturated rings. The van der Waals surface area contributed by atoms with E-state index in [4.69, 9.17) is 4.74 Å². The molecule has 2 heterocycles. The summed E-state index contributed by atoms with van der Waals surface area (Å²) in [5.74, 6) is -1.07. The number of hydrogen-bond donors (Lipinski definition) is 1. The molecule has 0 aliphatic heterocycles. The molecule has 0 atom stereocenters. The standard InChI is InChI=1S/C24H18F3N3O4S/c1-14-9-10-18-20(29-14)7-4-8-21(18)34-23-19(11-15(13-28-23)24(25,26)27)22(31)30-16-5-3-6-17(12-16)35(2,32)33/h3-13H,1-2H3,(H,30,31). The second-order valence-electron chi connectivity index (χ2n) is 7.71. The van der Waals surface area contributed by atoms with Gasteiger partial charge < -0.3 is 10.1 Å². The first-order chi connectivity index (χ1) is 16.4. The predicted octanol–water partition coefficient (Wildman–Crippen LogP) is 5.41. The van der Waals surface area contributed by atoms with Crippen molar-refractivity contribution in [2.45, 2.75) is 18.0 Å². The molecule has 2 aromatic carbocycles. The number of carbonyl (C=O) groups excluding carboxylic acids is 1. The van der Waals surface area contributed by atoms with Gasteiger partial charge in [-0.2, -0.15) is 13.2 Å². The van der Waals surface area contributed by atoms with Crippen LogP contribution in [0.25, 0.3) is 10.9 Å². The third-order valence-corrected chi connectivity index (χ3v) is 6.09. The Kier molecular flexibility index (Phi) is 6.20. The molecule has 2 aromatic heterocycles. The van der Waals surface area contributed by atoms with Crippen LogP contribution in [0.4, 0.5) is 18.9 Å². The number of fused-ring (bicyclic) bond motifs is 1. The van der Waals surface area contributed by atoms with Crippen LogP contribution in [0.5, 0.6) is 11.6 Å². The van der Waals surface area contributed by atoms with Gasteiger partial charge in [-0.1, -0.05) is 12.1 Å². The quantitative estimate of drug-likeness (QED) is 0.393. The number of ether oxygens (including phenoxy) is 1. The summed E-state index contributed by atoms with van der Waals surface area (Å²) < 4.78 is 69.5. The van der Waals surface area contributed by atoms with E-state index in [2.05, 4.69) is 15.3 Å². The van der Waals surface area contributed by atoms with Gasteiger partial charge in [0.05, 0.1) is 16.0 Å². The van der Waals surface area contributed by atoms with Crippen molar-refractivity contribution in [1.82, 2.24) is 9.97 Å². The molecule has 4 rings (SSSR count). The lowest BCUT2D eigenvalue weighted by atomic mass is 10.1. The fourth-order valence-corrected chi connectivity index (χ4v) is 3.94. The normalized spacial score (nSPS) is 11.9. The Morgan fingerprint density at radius 1 is 1.03 bits per heavy atom. The monoisotopic (exact) mass is 501 g/mol. The van der Waals surface area contributed by atoms with Crippen LogP contribution in [0.1, 0.15) is 21.6 Å². The lowest BCUT2D eigenvalue weighted by Crippen LogP contribution is -2.16. The van der Waals surface area contributed by atoms with Crippen molar-refractivity contribution < 1.29 is 31.1 Å².